The highest BCUT2D eigenvalue weighted by Gasteiger charge is 2.15. The molecule has 0 radical (unpaired) electrons. The van der Waals surface area contributed by atoms with Crippen LogP contribution in [0.25, 0.3) is 0 Å². The second-order valence-electron chi connectivity index (χ2n) is 5.04. The van der Waals surface area contributed by atoms with Crippen LogP contribution in [0.1, 0.15) is 22.1 Å². The average molecular weight is 302 g/mol. The average Bonchev–Trinajstić information content (AvgIpc) is 3.07. The fraction of sp³-hybridized carbons (Fsp3) is 0.400. The van der Waals surface area contributed by atoms with Crippen molar-refractivity contribution in [3.63, 3.8) is 0 Å². The van der Waals surface area contributed by atoms with Gasteiger partial charge < -0.3 is 19.4 Å². The van der Waals surface area contributed by atoms with Crippen molar-refractivity contribution in [3.8, 4) is 0 Å². The van der Waals surface area contributed by atoms with E-state index >= 15 is 0 Å². The lowest BCUT2D eigenvalue weighted by Crippen LogP contribution is -2.37. The van der Waals surface area contributed by atoms with Gasteiger partial charge in [0.05, 0.1) is 26.0 Å². The number of amides is 1. The Morgan fingerprint density at radius 1 is 1.36 bits per heavy atom. The fourth-order valence-electron chi connectivity index (χ4n) is 2.30. The van der Waals surface area contributed by atoms with E-state index in [0.29, 0.717) is 19.0 Å². The fourth-order valence-corrected chi connectivity index (χ4v) is 2.30. The number of anilines is 1. The largest absolute Gasteiger partial charge is 0.459 e. The first-order chi connectivity index (χ1) is 10.7. The van der Waals surface area contributed by atoms with Gasteiger partial charge >= 0.3 is 0 Å². The summed E-state index contributed by atoms with van der Waals surface area (Å²) in [5, 5.41) is 2.76. The van der Waals surface area contributed by atoms with Crippen molar-refractivity contribution in [2.75, 3.05) is 31.2 Å². The number of furan rings is 1. The molecule has 3 heterocycles. The molecule has 0 saturated carbocycles. The number of rotatable bonds is 4. The molecule has 0 atom stereocenters. The summed E-state index contributed by atoms with van der Waals surface area (Å²) in [4.78, 5) is 22.9. The van der Waals surface area contributed by atoms with Crippen molar-refractivity contribution < 1.29 is 13.9 Å². The Hall–Kier alpha value is -2.41. The van der Waals surface area contributed by atoms with E-state index in [2.05, 4.69) is 20.2 Å². The SMILES string of the molecule is Cc1cc(N2CCOCC2)nc(CNC(=O)c2ccco2)n1. The van der Waals surface area contributed by atoms with Gasteiger partial charge in [-0.25, -0.2) is 9.97 Å². The van der Waals surface area contributed by atoms with E-state index in [1.54, 1.807) is 12.1 Å². The Balaban J connectivity index is 1.68. The van der Waals surface area contributed by atoms with Crippen LogP contribution in [0.15, 0.2) is 28.9 Å². The molecule has 1 fully saturated rings. The molecule has 1 N–H and O–H groups in total. The van der Waals surface area contributed by atoms with Crippen LogP contribution < -0.4 is 10.2 Å². The number of carbonyl (C=O) groups is 1. The molecule has 2 aromatic rings. The zero-order valence-electron chi connectivity index (χ0n) is 12.4. The highest BCUT2D eigenvalue weighted by Crippen LogP contribution is 2.14. The molecule has 1 amide bonds. The zero-order valence-corrected chi connectivity index (χ0v) is 12.4. The van der Waals surface area contributed by atoms with E-state index in [9.17, 15) is 4.79 Å². The molecule has 1 aliphatic rings. The smallest absolute Gasteiger partial charge is 0.287 e. The maximum absolute atomic E-state index is 11.9. The number of aryl methyl sites for hydroxylation is 1. The predicted molar refractivity (Wildman–Crippen MR) is 79.7 cm³/mol. The van der Waals surface area contributed by atoms with Crippen LogP contribution in [-0.4, -0.2) is 42.2 Å². The highest BCUT2D eigenvalue weighted by molar-refractivity contribution is 5.91. The van der Waals surface area contributed by atoms with E-state index in [-0.39, 0.29) is 18.2 Å². The van der Waals surface area contributed by atoms with Gasteiger partial charge in [0.15, 0.2) is 5.76 Å². The molecular formula is C15H18N4O3. The van der Waals surface area contributed by atoms with E-state index in [1.165, 1.54) is 6.26 Å². The maximum atomic E-state index is 11.9. The summed E-state index contributed by atoms with van der Waals surface area (Å²) in [5.41, 5.74) is 0.874. The summed E-state index contributed by atoms with van der Waals surface area (Å²) in [7, 11) is 0. The van der Waals surface area contributed by atoms with E-state index in [4.69, 9.17) is 9.15 Å². The van der Waals surface area contributed by atoms with Gasteiger partial charge in [0.1, 0.15) is 11.6 Å². The monoisotopic (exact) mass is 302 g/mol. The molecule has 2 aromatic heterocycles. The van der Waals surface area contributed by atoms with Crippen LogP contribution in [0.2, 0.25) is 0 Å². The van der Waals surface area contributed by atoms with Crippen molar-refractivity contribution in [3.05, 3.63) is 41.7 Å². The number of nitrogens with zero attached hydrogens (tertiary/aromatic N) is 3. The quantitative estimate of drug-likeness (QED) is 0.912. The van der Waals surface area contributed by atoms with Crippen LogP contribution >= 0.6 is 0 Å². The first-order valence-corrected chi connectivity index (χ1v) is 7.21. The molecule has 0 bridgehead atoms. The van der Waals surface area contributed by atoms with Gasteiger partial charge in [-0.05, 0) is 19.1 Å². The van der Waals surface area contributed by atoms with Gasteiger partial charge in [0.2, 0.25) is 0 Å². The lowest BCUT2D eigenvalue weighted by atomic mass is 10.3. The number of nitrogens with one attached hydrogen (secondary N) is 1. The second kappa shape index (κ2) is 6.57. The van der Waals surface area contributed by atoms with Crippen LogP contribution in [0, 0.1) is 6.92 Å². The molecule has 1 saturated heterocycles. The topological polar surface area (TPSA) is 80.5 Å². The molecule has 7 heteroatoms. The van der Waals surface area contributed by atoms with Crippen molar-refractivity contribution >= 4 is 11.7 Å². The Kier molecular flexibility index (Phi) is 4.34. The van der Waals surface area contributed by atoms with Crippen LogP contribution in [0.5, 0.6) is 0 Å². The molecule has 116 valence electrons. The normalized spacial score (nSPS) is 14.9. The summed E-state index contributed by atoms with van der Waals surface area (Å²) in [5.74, 6) is 1.46. The van der Waals surface area contributed by atoms with Crippen LogP contribution in [0.3, 0.4) is 0 Å². The summed E-state index contributed by atoms with van der Waals surface area (Å²) >= 11 is 0. The Labute approximate surface area is 128 Å². The minimum absolute atomic E-state index is 0.262. The van der Waals surface area contributed by atoms with Gasteiger partial charge in [-0.1, -0.05) is 0 Å². The summed E-state index contributed by atoms with van der Waals surface area (Å²) < 4.78 is 10.4. The molecule has 0 aromatic carbocycles. The molecule has 0 aliphatic carbocycles. The van der Waals surface area contributed by atoms with E-state index in [0.717, 1.165) is 24.6 Å². The number of hydrogen-bond acceptors (Lipinski definition) is 6. The first kappa shape index (κ1) is 14.5. The number of morpholine rings is 1. The standard InChI is InChI=1S/C15H18N4O3/c1-11-9-14(19-4-7-21-8-5-19)18-13(17-11)10-16-15(20)12-3-2-6-22-12/h2-3,6,9H,4-5,7-8,10H2,1H3,(H,16,20). The number of carbonyl (C=O) groups excluding carboxylic acids is 1. The summed E-state index contributed by atoms with van der Waals surface area (Å²) in [6.07, 6.45) is 1.47. The number of hydrogen-bond donors (Lipinski definition) is 1. The highest BCUT2D eigenvalue weighted by atomic mass is 16.5. The Morgan fingerprint density at radius 2 is 2.18 bits per heavy atom. The van der Waals surface area contributed by atoms with Crippen molar-refractivity contribution in [2.24, 2.45) is 0 Å². The molecular weight excluding hydrogens is 284 g/mol. The number of aromatic nitrogens is 2. The minimum Gasteiger partial charge on any atom is -0.459 e. The minimum atomic E-state index is -0.275. The molecule has 1 aliphatic heterocycles. The van der Waals surface area contributed by atoms with Crippen molar-refractivity contribution in [1.29, 1.82) is 0 Å². The summed E-state index contributed by atoms with van der Waals surface area (Å²) in [6.45, 7) is 5.21. The van der Waals surface area contributed by atoms with Crippen LogP contribution in [-0.2, 0) is 11.3 Å². The molecule has 22 heavy (non-hydrogen) atoms. The third kappa shape index (κ3) is 3.43. The summed E-state index contributed by atoms with van der Waals surface area (Å²) in [6, 6.07) is 5.24. The second-order valence-corrected chi connectivity index (χ2v) is 5.04. The van der Waals surface area contributed by atoms with Crippen molar-refractivity contribution in [1.82, 2.24) is 15.3 Å². The van der Waals surface area contributed by atoms with E-state index in [1.807, 2.05) is 13.0 Å². The third-order valence-corrected chi connectivity index (χ3v) is 3.37. The molecule has 0 spiro atoms. The molecule has 3 rings (SSSR count). The lowest BCUT2D eigenvalue weighted by Gasteiger charge is -2.28. The van der Waals surface area contributed by atoms with Gasteiger partial charge in [-0.15, -0.1) is 0 Å². The Morgan fingerprint density at radius 3 is 2.91 bits per heavy atom. The van der Waals surface area contributed by atoms with Gasteiger partial charge in [0, 0.05) is 24.8 Å². The predicted octanol–water partition coefficient (Wildman–Crippen LogP) is 1.14. The van der Waals surface area contributed by atoms with Gasteiger partial charge in [-0.3, -0.25) is 4.79 Å². The van der Waals surface area contributed by atoms with Crippen LogP contribution in [0.4, 0.5) is 5.82 Å². The first-order valence-electron chi connectivity index (χ1n) is 7.21. The Bertz CT molecular complexity index is 636. The van der Waals surface area contributed by atoms with E-state index < -0.39 is 0 Å². The molecule has 0 unspecified atom stereocenters. The third-order valence-electron chi connectivity index (χ3n) is 3.37. The van der Waals surface area contributed by atoms with Gasteiger partial charge in [-0.2, -0.15) is 0 Å². The maximum Gasteiger partial charge on any atom is 0.287 e. The molecule has 7 nitrogen and oxygen atoms in total. The van der Waals surface area contributed by atoms with Crippen molar-refractivity contribution in [2.45, 2.75) is 13.5 Å². The van der Waals surface area contributed by atoms with Gasteiger partial charge in [0.25, 0.3) is 5.91 Å². The lowest BCUT2D eigenvalue weighted by molar-refractivity contribution is 0.0922. The number of ether oxygens (including phenoxy) is 1. The zero-order chi connectivity index (χ0) is 15.4.